The van der Waals surface area contributed by atoms with E-state index in [1.807, 2.05) is 80.6 Å². The average Bonchev–Trinajstić information content (AvgIpc) is 3.22. The molecule has 0 saturated carbocycles. The molecule has 34 heavy (non-hydrogen) atoms. The average molecular weight is 470 g/mol. The van der Waals surface area contributed by atoms with Crippen molar-refractivity contribution in [2.75, 3.05) is 5.32 Å². The van der Waals surface area contributed by atoms with Crippen LogP contribution in [-0.2, 0) is 6.54 Å². The number of anilines is 1. The Kier molecular flexibility index (Phi) is 5.81. The minimum absolute atomic E-state index is 0.0423. The van der Waals surface area contributed by atoms with Crippen LogP contribution in [0.15, 0.2) is 77.9 Å². The monoisotopic (exact) mass is 469 g/mol. The summed E-state index contributed by atoms with van der Waals surface area (Å²) in [5, 5.41) is 6.69. The van der Waals surface area contributed by atoms with Gasteiger partial charge in [-0.05, 0) is 54.8 Å². The quantitative estimate of drug-likeness (QED) is 0.368. The van der Waals surface area contributed by atoms with Crippen LogP contribution in [0.25, 0.3) is 32.2 Å². The fraction of sp³-hybridized carbons (Fsp3) is 0.154. The van der Waals surface area contributed by atoms with Crippen LogP contribution in [0.2, 0.25) is 0 Å². The Bertz CT molecular complexity index is 1560. The third-order valence-corrected chi connectivity index (χ3v) is 6.33. The number of nitrogens with one attached hydrogen (secondary N) is 2. The molecule has 2 N–H and O–H groups in total. The third kappa shape index (κ3) is 4.53. The number of carbonyl (C=O) groups excluding carboxylic acids is 1. The van der Waals surface area contributed by atoms with Crippen molar-refractivity contribution in [3.63, 3.8) is 0 Å². The van der Waals surface area contributed by atoms with Gasteiger partial charge in [-0.15, -0.1) is 0 Å². The van der Waals surface area contributed by atoms with E-state index in [0.717, 1.165) is 26.9 Å². The Labute approximate surface area is 200 Å². The number of amides is 2. The summed E-state index contributed by atoms with van der Waals surface area (Å²) in [6.07, 6.45) is 1.60. The number of urea groups is 1. The van der Waals surface area contributed by atoms with Gasteiger partial charge >= 0.3 is 6.03 Å². The first-order chi connectivity index (χ1) is 16.5. The van der Waals surface area contributed by atoms with Crippen molar-refractivity contribution in [1.82, 2.24) is 19.9 Å². The van der Waals surface area contributed by atoms with Crippen molar-refractivity contribution in [1.29, 1.82) is 0 Å². The van der Waals surface area contributed by atoms with Crippen LogP contribution in [-0.4, -0.2) is 26.6 Å². The number of carbonyl (C=O) groups is 1. The lowest BCUT2D eigenvalue weighted by atomic mass is 10.0. The zero-order valence-corrected chi connectivity index (χ0v) is 19.6. The van der Waals surface area contributed by atoms with E-state index in [4.69, 9.17) is 0 Å². The number of nitrogens with zero attached hydrogens (tertiary/aromatic N) is 3. The second-order valence-electron chi connectivity index (χ2n) is 8.35. The molecule has 2 amide bonds. The van der Waals surface area contributed by atoms with Gasteiger partial charge in [0.1, 0.15) is 0 Å². The van der Waals surface area contributed by atoms with Gasteiger partial charge < -0.3 is 5.32 Å². The van der Waals surface area contributed by atoms with Crippen molar-refractivity contribution >= 4 is 43.6 Å². The van der Waals surface area contributed by atoms with Crippen LogP contribution in [0.5, 0.6) is 0 Å². The summed E-state index contributed by atoms with van der Waals surface area (Å²) in [5.74, 6) is 0. The molecule has 0 fully saturated rings. The molecule has 0 bridgehead atoms. The molecule has 170 valence electrons. The third-order valence-electron chi connectivity index (χ3n) is 5.38. The summed E-state index contributed by atoms with van der Waals surface area (Å²) in [6.45, 7) is 4.28. The first kappa shape index (κ1) is 21.8. The van der Waals surface area contributed by atoms with E-state index in [9.17, 15) is 9.59 Å². The molecular weight excluding hydrogens is 446 g/mol. The number of benzene rings is 3. The summed E-state index contributed by atoms with van der Waals surface area (Å²) in [5.41, 5.74) is 4.27. The lowest BCUT2D eigenvalue weighted by molar-refractivity contribution is 0.250. The Morgan fingerprint density at radius 2 is 1.76 bits per heavy atom. The fourth-order valence-corrected chi connectivity index (χ4v) is 4.63. The van der Waals surface area contributed by atoms with Crippen molar-refractivity contribution in [3.8, 4) is 11.1 Å². The van der Waals surface area contributed by atoms with Gasteiger partial charge in [0.05, 0.1) is 34.0 Å². The molecule has 0 aliphatic heterocycles. The molecule has 8 heteroatoms. The molecule has 0 radical (unpaired) electrons. The lowest BCUT2D eigenvalue weighted by Gasteiger charge is -2.08. The van der Waals surface area contributed by atoms with E-state index in [1.54, 1.807) is 10.9 Å². The fourth-order valence-electron chi connectivity index (χ4n) is 3.79. The minimum atomic E-state index is -0.275. The molecule has 0 saturated heterocycles. The van der Waals surface area contributed by atoms with Gasteiger partial charge in [-0.25, -0.2) is 14.8 Å². The first-order valence-corrected chi connectivity index (χ1v) is 11.8. The van der Waals surface area contributed by atoms with Gasteiger partial charge in [0.25, 0.3) is 5.56 Å². The van der Waals surface area contributed by atoms with E-state index < -0.39 is 0 Å². The first-order valence-electron chi connectivity index (χ1n) is 11.0. The minimum Gasteiger partial charge on any atom is -0.336 e. The van der Waals surface area contributed by atoms with Gasteiger partial charge in [0.15, 0.2) is 5.13 Å². The Balaban J connectivity index is 1.47. The second kappa shape index (κ2) is 9.07. The molecule has 2 heterocycles. The van der Waals surface area contributed by atoms with Crippen molar-refractivity contribution < 1.29 is 4.79 Å². The highest BCUT2D eigenvalue weighted by Gasteiger charge is 2.11. The standard InChI is InChI=1S/C26H23N5O2S/c1-16(2)28-25(33)30-26-29-22-13-19(9-11-23(22)34-26)18-8-10-21-20(12-18)24(32)31(15-27-21)14-17-6-4-3-5-7-17/h3-13,15-16H,14H2,1-2H3,(H2,28,29,30,33). The molecule has 2 aromatic heterocycles. The van der Waals surface area contributed by atoms with Crippen LogP contribution >= 0.6 is 11.3 Å². The van der Waals surface area contributed by atoms with Crippen molar-refractivity contribution in [3.05, 3.63) is 89.0 Å². The number of fused-ring (bicyclic) bond motifs is 2. The molecule has 5 rings (SSSR count). The molecule has 0 aliphatic rings. The Hall–Kier alpha value is -4.04. The van der Waals surface area contributed by atoms with Crippen LogP contribution < -0.4 is 16.2 Å². The smallest absolute Gasteiger partial charge is 0.321 e. The molecule has 5 aromatic rings. The van der Waals surface area contributed by atoms with Gasteiger partial charge in [-0.1, -0.05) is 53.8 Å². The summed E-state index contributed by atoms with van der Waals surface area (Å²) in [6, 6.07) is 21.3. The SMILES string of the molecule is CC(C)NC(=O)Nc1nc2cc(-c3ccc4ncn(Cc5ccccc5)c(=O)c4c3)ccc2s1. The Morgan fingerprint density at radius 3 is 2.56 bits per heavy atom. The lowest BCUT2D eigenvalue weighted by Crippen LogP contribution is -2.34. The van der Waals surface area contributed by atoms with Gasteiger partial charge in [-0.3, -0.25) is 14.7 Å². The summed E-state index contributed by atoms with van der Waals surface area (Å²) >= 11 is 1.42. The summed E-state index contributed by atoms with van der Waals surface area (Å²) in [4.78, 5) is 34.2. The highest BCUT2D eigenvalue weighted by atomic mass is 32.1. The number of thiazole rings is 1. The van der Waals surface area contributed by atoms with Crippen LogP contribution in [0.3, 0.4) is 0 Å². The van der Waals surface area contributed by atoms with Crippen LogP contribution in [0.4, 0.5) is 9.93 Å². The van der Waals surface area contributed by atoms with Gasteiger partial charge in [-0.2, -0.15) is 0 Å². The number of hydrogen-bond donors (Lipinski definition) is 2. The maximum atomic E-state index is 13.2. The number of aromatic nitrogens is 3. The van der Waals surface area contributed by atoms with Crippen molar-refractivity contribution in [2.45, 2.75) is 26.4 Å². The molecule has 0 spiro atoms. The van der Waals surface area contributed by atoms with E-state index in [0.29, 0.717) is 22.6 Å². The molecule has 3 aromatic carbocycles. The topological polar surface area (TPSA) is 88.9 Å². The zero-order chi connectivity index (χ0) is 23.7. The van der Waals surface area contributed by atoms with E-state index in [2.05, 4.69) is 20.6 Å². The predicted molar refractivity (Wildman–Crippen MR) is 137 cm³/mol. The molecule has 7 nitrogen and oxygen atoms in total. The highest BCUT2D eigenvalue weighted by molar-refractivity contribution is 7.22. The normalized spacial score (nSPS) is 11.3. The zero-order valence-electron chi connectivity index (χ0n) is 18.8. The Morgan fingerprint density at radius 1 is 1.00 bits per heavy atom. The maximum absolute atomic E-state index is 13.2. The van der Waals surface area contributed by atoms with Gasteiger partial charge in [0, 0.05) is 6.04 Å². The maximum Gasteiger partial charge on any atom is 0.321 e. The van der Waals surface area contributed by atoms with Gasteiger partial charge in [0.2, 0.25) is 0 Å². The van der Waals surface area contributed by atoms with Crippen LogP contribution in [0.1, 0.15) is 19.4 Å². The molecule has 0 unspecified atom stereocenters. The summed E-state index contributed by atoms with van der Waals surface area (Å²) < 4.78 is 2.60. The van der Waals surface area contributed by atoms with E-state index >= 15 is 0 Å². The van der Waals surface area contributed by atoms with Crippen molar-refractivity contribution in [2.24, 2.45) is 0 Å². The number of hydrogen-bond acceptors (Lipinski definition) is 5. The summed E-state index contributed by atoms with van der Waals surface area (Å²) in [7, 11) is 0. The predicted octanol–water partition coefficient (Wildman–Crippen LogP) is 5.25. The molecule has 0 atom stereocenters. The van der Waals surface area contributed by atoms with E-state index in [-0.39, 0.29) is 17.6 Å². The molecular formula is C26H23N5O2S. The largest absolute Gasteiger partial charge is 0.336 e. The second-order valence-corrected chi connectivity index (χ2v) is 9.38. The van der Waals surface area contributed by atoms with E-state index in [1.165, 1.54) is 11.3 Å². The van der Waals surface area contributed by atoms with Crippen LogP contribution in [0, 0.1) is 0 Å². The number of rotatable bonds is 5. The highest BCUT2D eigenvalue weighted by Crippen LogP contribution is 2.31. The molecule has 0 aliphatic carbocycles.